The monoisotopic (exact) mass is 480 g/mol. The van der Waals surface area contributed by atoms with Gasteiger partial charge in [0.1, 0.15) is 35.6 Å². The Morgan fingerprint density at radius 1 is 0.853 bits per heavy atom. The van der Waals surface area contributed by atoms with Gasteiger partial charge in [-0.15, -0.1) is 0 Å². The minimum atomic E-state index is -1.78. The largest absolute Gasteiger partial charge is 0.507 e. The molecule has 34 heavy (non-hydrogen) atoms. The van der Waals surface area contributed by atoms with Gasteiger partial charge in [0, 0.05) is 11.6 Å². The quantitative estimate of drug-likeness (QED) is 0.164. The van der Waals surface area contributed by atoms with E-state index in [0.29, 0.717) is 6.07 Å². The van der Waals surface area contributed by atoms with Crippen LogP contribution in [0, 0.1) is 0 Å². The highest BCUT2D eigenvalue weighted by Gasteiger charge is 2.45. The Hall–Kier alpha value is -3.75. The Labute approximate surface area is 189 Å². The highest BCUT2D eigenvalue weighted by atomic mass is 16.7. The molecule has 0 amide bonds. The Morgan fingerprint density at radius 3 is 2.24 bits per heavy atom. The van der Waals surface area contributed by atoms with Crippen LogP contribution in [0.15, 0.2) is 33.5 Å². The van der Waals surface area contributed by atoms with Crippen molar-refractivity contribution in [3.63, 3.8) is 0 Å². The molecule has 4 rings (SSSR count). The van der Waals surface area contributed by atoms with E-state index in [-0.39, 0.29) is 11.3 Å². The van der Waals surface area contributed by atoms with E-state index in [0.717, 1.165) is 12.1 Å². The lowest BCUT2D eigenvalue weighted by atomic mass is 9.99. The third-order valence-corrected chi connectivity index (χ3v) is 5.39. The second-order valence-electron chi connectivity index (χ2n) is 7.57. The number of phenolic OH excluding ortho intramolecular Hbond substituents is 4. The van der Waals surface area contributed by atoms with Crippen molar-refractivity contribution in [1.82, 2.24) is 0 Å². The van der Waals surface area contributed by atoms with E-state index in [1.54, 1.807) is 0 Å². The standard InChI is InChI=1S/C21H20O13/c22-5-11-14(27)16(29)18(31)21(33-11)32-10-3-6(1-2-7(10)23)19-17(30)15(28)12-8(24)4-9(25)13(26)20(12)34-19/h1-4,11,14,16,18,21-27,29-31H,5H2/t11-,14-,16+,18-,21-/m1/s1. The predicted octanol–water partition coefficient (Wildman–Crippen LogP) is -0.833. The van der Waals surface area contributed by atoms with Crippen LogP contribution >= 0.6 is 0 Å². The lowest BCUT2D eigenvalue weighted by Gasteiger charge is -2.39. The van der Waals surface area contributed by atoms with Gasteiger partial charge in [0.25, 0.3) is 0 Å². The zero-order chi connectivity index (χ0) is 24.9. The zero-order valence-electron chi connectivity index (χ0n) is 17.1. The summed E-state index contributed by atoms with van der Waals surface area (Å²) in [6.07, 6.45) is -8.08. The SMILES string of the molecule is O=c1c(O)c(-c2ccc(O)c(O[C@@H]3O[C@H](CO)[C@@H](O)[C@H](O)[C@H]3O)c2)oc2c(O)c(O)cc(O)c12. The van der Waals surface area contributed by atoms with Gasteiger partial charge in [-0.1, -0.05) is 0 Å². The second-order valence-corrected chi connectivity index (χ2v) is 7.57. The molecule has 1 saturated heterocycles. The molecule has 1 aliphatic heterocycles. The van der Waals surface area contributed by atoms with Crippen LogP contribution in [0.3, 0.4) is 0 Å². The highest BCUT2D eigenvalue weighted by Crippen LogP contribution is 2.43. The van der Waals surface area contributed by atoms with Crippen LogP contribution in [0.5, 0.6) is 34.5 Å². The number of rotatable bonds is 4. The van der Waals surface area contributed by atoms with E-state index in [2.05, 4.69) is 0 Å². The molecule has 0 unspecified atom stereocenters. The van der Waals surface area contributed by atoms with Crippen LogP contribution in [0.4, 0.5) is 0 Å². The number of fused-ring (bicyclic) bond motifs is 1. The molecule has 9 N–H and O–H groups in total. The molecule has 1 aliphatic rings. The smallest absolute Gasteiger partial charge is 0.238 e. The molecule has 2 aromatic carbocycles. The van der Waals surface area contributed by atoms with E-state index in [1.807, 2.05) is 0 Å². The maximum atomic E-state index is 12.6. The van der Waals surface area contributed by atoms with Crippen molar-refractivity contribution in [2.24, 2.45) is 0 Å². The van der Waals surface area contributed by atoms with E-state index in [4.69, 9.17) is 13.9 Å². The summed E-state index contributed by atoms with van der Waals surface area (Å²) in [4.78, 5) is 12.6. The van der Waals surface area contributed by atoms with Gasteiger partial charge in [0.15, 0.2) is 28.6 Å². The summed E-state index contributed by atoms with van der Waals surface area (Å²) >= 11 is 0. The molecule has 0 radical (unpaired) electrons. The summed E-state index contributed by atoms with van der Waals surface area (Å²) in [5.41, 5.74) is -1.84. The summed E-state index contributed by atoms with van der Waals surface area (Å²) in [6, 6.07) is 4.01. The number of phenols is 4. The number of benzene rings is 2. The molecule has 0 saturated carbocycles. The van der Waals surface area contributed by atoms with Crippen molar-refractivity contribution < 1.29 is 59.8 Å². The average Bonchev–Trinajstić information content (AvgIpc) is 2.80. The van der Waals surface area contributed by atoms with Crippen LogP contribution in [0.2, 0.25) is 0 Å². The van der Waals surface area contributed by atoms with Gasteiger partial charge >= 0.3 is 0 Å². The van der Waals surface area contributed by atoms with Crippen LogP contribution in [0.25, 0.3) is 22.3 Å². The number of aromatic hydroxyl groups is 5. The number of aliphatic hydroxyl groups excluding tert-OH is 4. The van der Waals surface area contributed by atoms with Crippen molar-refractivity contribution in [3.8, 4) is 45.8 Å². The molecular formula is C21H20O13. The summed E-state index contributed by atoms with van der Waals surface area (Å²) < 4.78 is 16.0. The molecule has 0 aliphatic carbocycles. The molecule has 13 heteroatoms. The first-order valence-electron chi connectivity index (χ1n) is 9.79. The molecule has 182 valence electrons. The summed E-state index contributed by atoms with van der Waals surface area (Å²) in [5, 5.41) is 88.8. The molecule has 5 atom stereocenters. The van der Waals surface area contributed by atoms with Gasteiger partial charge < -0.3 is 59.8 Å². The highest BCUT2D eigenvalue weighted by molar-refractivity contribution is 5.92. The third kappa shape index (κ3) is 3.70. The Balaban J connectivity index is 1.78. The number of ether oxygens (including phenoxy) is 2. The fourth-order valence-electron chi connectivity index (χ4n) is 3.55. The molecule has 2 heterocycles. The fourth-order valence-corrected chi connectivity index (χ4v) is 3.55. The normalized spacial score (nSPS) is 24.9. The Bertz CT molecular complexity index is 1300. The predicted molar refractivity (Wildman–Crippen MR) is 111 cm³/mol. The molecule has 1 fully saturated rings. The van der Waals surface area contributed by atoms with Gasteiger partial charge in [0.05, 0.1) is 6.61 Å². The number of hydrogen-bond donors (Lipinski definition) is 9. The number of aliphatic hydroxyl groups is 4. The maximum Gasteiger partial charge on any atom is 0.238 e. The van der Waals surface area contributed by atoms with Gasteiger partial charge in [-0.05, 0) is 18.2 Å². The van der Waals surface area contributed by atoms with Crippen molar-refractivity contribution in [3.05, 3.63) is 34.5 Å². The van der Waals surface area contributed by atoms with Crippen LogP contribution < -0.4 is 10.2 Å². The minimum Gasteiger partial charge on any atom is -0.507 e. The zero-order valence-corrected chi connectivity index (χ0v) is 17.1. The van der Waals surface area contributed by atoms with Crippen molar-refractivity contribution in [2.75, 3.05) is 6.61 Å². The third-order valence-electron chi connectivity index (χ3n) is 5.39. The van der Waals surface area contributed by atoms with Crippen molar-refractivity contribution in [1.29, 1.82) is 0 Å². The van der Waals surface area contributed by atoms with Crippen LogP contribution in [0.1, 0.15) is 0 Å². The lowest BCUT2D eigenvalue weighted by Crippen LogP contribution is -2.60. The fraction of sp³-hybridized carbons (Fsp3) is 0.286. The Morgan fingerprint density at radius 2 is 1.56 bits per heavy atom. The second kappa shape index (κ2) is 8.55. The van der Waals surface area contributed by atoms with Crippen LogP contribution in [-0.2, 0) is 4.74 Å². The van der Waals surface area contributed by atoms with E-state index in [9.17, 15) is 50.8 Å². The van der Waals surface area contributed by atoms with Crippen LogP contribution in [-0.4, -0.2) is 83.3 Å². The maximum absolute atomic E-state index is 12.6. The Kier molecular flexibility index (Phi) is 5.89. The van der Waals surface area contributed by atoms with Gasteiger partial charge in [-0.25, -0.2) is 0 Å². The van der Waals surface area contributed by atoms with Gasteiger partial charge in [-0.2, -0.15) is 0 Å². The molecule has 13 nitrogen and oxygen atoms in total. The first-order chi connectivity index (χ1) is 16.0. The minimum absolute atomic E-state index is 0.0869. The average molecular weight is 480 g/mol. The van der Waals surface area contributed by atoms with E-state index >= 15 is 0 Å². The summed E-state index contributed by atoms with van der Waals surface area (Å²) in [7, 11) is 0. The molecule has 3 aromatic rings. The van der Waals surface area contributed by atoms with Crippen molar-refractivity contribution in [2.45, 2.75) is 30.7 Å². The van der Waals surface area contributed by atoms with E-state index < -0.39 is 88.2 Å². The van der Waals surface area contributed by atoms with E-state index in [1.165, 1.54) is 6.07 Å². The number of hydrogen-bond acceptors (Lipinski definition) is 13. The molecule has 0 spiro atoms. The summed E-state index contributed by atoms with van der Waals surface area (Å²) in [6.45, 7) is -0.712. The van der Waals surface area contributed by atoms with Gasteiger partial charge in [0.2, 0.25) is 23.2 Å². The summed E-state index contributed by atoms with van der Waals surface area (Å²) in [5.74, 6) is -4.80. The van der Waals surface area contributed by atoms with Crippen molar-refractivity contribution >= 4 is 11.0 Å². The molecule has 0 bridgehead atoms. The first kappa shape index (κ1) is 23.4. The lowest BCUT2D eigenvalue weighted by molar-refractivity contribution is -0.277. The first-order valence-corrected chi connectivity index (χ1v) is 9.79. The molecule has 1 aromatic heterocycles. The van der Waals surface area contributed by atoms with Gasteiger partial charge in [-0.3, -0.25) is 4.79 Å². The topological polar surface area (TPSA) is 231 Å². The molecular weight excluding hydrogens is 460 g/mol.